The molecule has 0 bridgehead atoms. The topological polar surface area (TPSA) is 85.8 Å². The fourth-order valence-corrected chi connectivity index (χ4v) is 4.02. The van der Waals surface area contributed by atoms with E-state index in [1.165, 1.54) is 0 Å². The number of halogens is 1. The number of carbonyl (C=O) groups is 1. The van der Waals surface area contributed by atoms with Crippen molar-refractivity contribution >= 4 is 34.1 Å². The van der Waals surface area contributed by atoms with Crippen LogP contribution in [0.3, 0.4) is 0 Å². The molecular formula is C25H20ClN5O2. The van der Waals surface area contributed by atoms with Crippen LogP contribution in [0.15, 0.2) is 65.2 Å². The van der Waals surface area contributed by atoms with E-state index in [4.69, 9.17) is 16.1 Å². The highest BCUT2D eigenvalue weighted by Crippen LogP contribution is 2.31. The maximum atomic E-state index is 12.9. The number of aromatic nitrogens is 4. The first kappa shape index (κ1) is 20.9. The van der Waals surface area contributed by atoms with Crippen molar-refractivity contribution in [2.75, 3.05) is 5.32 Å². The second kappa shape index (κ2) is 8.18. The number of fused-ring (bicyclic) bond motifs is 1. The molecule has 164 valence electrons. The molecule has 0 aliphatic heterocycles. The predicted molar refractivity (Wildman–Crippen MR) is 128 cm³/mol. The molecule has 0 fully saturated rings. The van der Waals surface area contributed by atoms with Gasteiger partial charge in [0.25, 0.3) is 5.91 Å². The molecule has 3 aromatic carbocycles. The molecule has 0 aliphatic rings. The van der Waals surface area contributed by atoms with Crippen LogP contribution < -0.4 is 5.32 Å². The SMILES string of the molecule is Cc1cc(C)cc(NC(=O)c2nnn(-c3ccc4noc(-c5ccc(Cl)cc5)c4c3)c2C)c1. The van der Waals surface area contributed by atoms with Crippen LogP contribution >= 0.6 is 11.6 Å². The minimum Gasteiger partial charge on any atom is -0.355 e. The van der Waals surface area contributed by atoms with Gasteiger partial charge in [-0.1, -0.05) is 28.0 Å². The first-order valence-corrected chi connectivity index (χ1v) is 10.7. The lowest BCUT2D eigenvalue weighted by Gasteiger charge is -2.07. The Bertz CT molecular complexity index is 1480. The van der Waals surface area contributed by atoms with Crippen LogP contribution in [0.4, 0.5) is 5.69 Å². The van der Waals surface area contributed by atoms with E-state index in [2.05, 4.69) is 26.9 Å². The van der Waals surface area contributed by atoms with E-state index in [9.17, 15) is 4.79 Å². The molecule has 0 aliphatic carbocycles. The van der Waals surface area contributed by atoms with Crippen LogP contribution in [0.25, 0.3) is 27.9 Å². The van der Waals surface area contributed by atoms with Gasteiger partial charge in [0.1, 0.15) is 5.52 Å². The fourth-order valence-electron chi connectivity index (χ4n) is 3.89. The Kier molecular flexibility index (Phi) is 5.18. The van der Waals surface area contributed by atoms with E-state index in [0.717, 1.165) is 33.5 Å². The lowest BCUT2D eigenvalue weighted by Crippen LogP contribution is -2.14. The summed E-state index contributed by atoms with van der Waals surface area (Å²) in [7, 11) is 0. The number of amides is 1. The number of nitrogens with one attached hydrogen (secondary N) is 1. The molecule has 0 saturated heterocycles. The van der Waals surface area contributed by atoms with Gasteiger partial charge in [0.05, 0.1) is 16.8 Å². The number of anilines is 1. The number of hydrogen-bond donors (Lipinski definition) is 1. The van der Waals surface area contributed by atoms with Crippen molar-refractivity contribution in [1.82, 2.24) is 20.2 Å². The zero-order valence-corrected chi connectivity index (χ0v) is 19.0. The standard InChI is InChI=1S/C25H20ClN5O2/c1-14-10-15(2)12-19(11-14)27-25(32)23-16(3)31(30-28-23)20-8-9-22-21(13-20)24(33-29-22)17-4-6-18(26)7-5-17/h4-13H,1-3H3,(H,27,32). The summed E-state index contributed by atoms with van der Waals surface area (Å²) >= 11 is 6.01. The van der Waals surface area contributed by atoms with Gasteiger partial charge < -0.3 is 9.84 Å². The average Bonchev–Trinajstić information content (AvgIpc) is 3.36. The third-order valence-corrected chi connectivity index (χ3v) is 5.65. The summed E-state index contributed by atoms with van der Waals surface area (Å²) in [4.78, 5) is 12.9. The molecule has 0 atom stereocenters. The molecule has 0 spiro atoms. The summed E-state index contributed by atoms with van der Waals surface area (Å²) in [6.07, 6.45) is 0. The molecule has 1 N–H and O–H groups in total. The van der Waals surface area contributed by atoms with Crippen molar-refractivity contribution in [2.24, 2.45) is 0 Å². The lowest BCUT2D eigenvalue weighted by molar-refractivity contribution is 0.102. The largest absolute Gasteiger partial charge is 0.355 e. The monoisotopic (exact) mass is 457 g/mol. The van der Waals surface area contributed by atoms with Crippen LogP contribution in [0.2, 0.25) is 5.02 Å². The van der Waals surface area contributed by atoms with Gasteiger partial charge in [0.2, 0.25) is 0 Å². The van der Waals surface area contributed by atoms with Gasteiger partial charge in [0.15, 0.2) is 11.5 Å². The molecular weight excluding hydrogens is 438 g/mol. The molecule has 0 saturated carbocycles. The quantitative estimate of drug-likeness (QED) is 0.362. The minimum atomic E-state index is -0.309. The molecule has 0 radical (unpaired) electrons. The van der Waals surface area contributed by atoms with Gasteiger partial charge in [-0.25, -0.2) is 4.68 Å². The number of carbonyl (C=O) groups excluding carboxylic acids is 1. The molecule has 1 amide bonds. The summed E-state index contributed by atoms with van der Waals surface area (Å²) in [5.41, 5.74) is 6.09. The zero-order chi connectivity index (χ0) is 23.1. The molecule has 2 heterocycles. The normalized spacial score (nSPS) is 11.2. The second-order valence-corrected chi connectivity index (χ2v) is 8.42. The third-order valence-electron chi connectivity index (χ3n) is 5.40. The minimum absolute atomic E-state index is 0.262. The Hall–Kier alpha value is -3.97. The van der Waals surface area contributed by atoms with E-state index in [0.29, 0.717) is 22.0 Å². The Morgan fingerprint density at radius 1 is 0.970 bits per heavy atom. The van der Waals surface area contributed by atoms with Gasteiger partial charge in [-0.05, 0) is 86.5 Å². The average molecular weight is 458 g/mol. The first-order valence-electron chi connectivity index (χ1n) is 10.4. The Labute approximate surface area is 195 Å². The summed E-state index contributed by atoms with van der Waals surface area (Å²) in [6, 6.07) is 18.9. The van der Waals surface area contributed by atoms with E-state index in [-0.39, 0.29) is 11.6 Å². The molecule has 5 rings (SSSR count). The number of hydrogen-bond acceptors (Lipinski definition) is 5. The first-order chi connectivity index (χ1) is 15.9. The van der Waals surface area contributed by atoms with Crippen LogP contribution in [-0.4, -0.2) is 26.1 Å². The van der Waals surface area contributed by atoms with Gasteiger partial charge in [0, 0.05) is 16.3 Å². The fraction of sp³-hybridized carbons (Fsp3) is 0.120. The smallest absolute Gasteiger partial charge is 0.278 e. The van der Waals surface area contributed by atoms with Crippen molar-refractivity contribution in [2.45, 2.75) is 20.8 Å². The van der Waals surface area contributed by atoms with Gasteiger partial charge in [-0.15, -0.1) is 5.10 Å². The molecule has 5 aromatic rings. The highest BCUT2D eigenvalue weighted by molar-refractivity contribution is 6.30. The van der Waals surface area contributed by atoms with Crippen LogP contribution in [0.1, 0.15) is 27.3 Å². The van der Waals surface area contributed by atoms with E-state index >= 15 is 0 Å². The number of nitrogens with zero attached hydrogens (tertiary/aromatic N) is 4. The van der Waals surface area contributed by atoms with Gasteiger partial charge >= 0.3 is 0 Å². The van der Waals surface area contributed by atoms with Crippen molar-refractivity contribution in [3.05, 3.63) is 88.2 Å². The number of benzene rings is 3. The Morgan fingerprint density at radius 3 is 2.42 bits per heavy atom. The Balaban J connectivity index is 1.49. The van der Waals surface area contributed by atoms with Crippen LogP contribution in [-0.2, 0) is 0 Å². The third kappa shape index (κ3) is 3.99. The molecule has 0 unspecified atom stereocenters. The Morgan fingerprint density at radius 2 is 1.70 bits per heavy atom. The van der Waals surface area contributed by atoms with Crippen molar-refractivity contribution in [3.8, 4) is 17.0 Å². The second-order valence-electron chi connectivity index (χ2n) is 7.99. The zero-order valence-electron chi connectivity index (χ0n) is 18.3. The predicted octanol–water partition coefficient (Wildman–Crippen LogP) is 5.91. The maximum absolute atomic E-state index is 12.9. The highest BCUT2D eigenvalue weighted by atomic mass is 35.5. The lowest BCUT2D eigenvalue weighted by atomic mass is 10.1. The number of aryl methyl sites for hydroxylation is 2. The molecule has 2 aromatic heterocycles. The summed E-state index contributed by atoms with van der Waals surface area (Å²) in [5, 5.41) is 16.9. The molecule has 7 nitrogen and oxygen atoms in total. The van der Waals surface area contributed by atoms with Crippen LogP contribution in [0.5, 0.6) is 0 Å². The highest BCUT2D eigenvalue weighted by Gasteiger charge is 2.19. The van der Waals surface area contributed by atoms with Crippen molar-refractivity contribution in [3.63, 3.8) is 0 Å². The molecule has 8 heteroatoms. The van der Waals surface area contributed by atoms with Crippen molar-refractivity contribution < 1.29 is 9.32 Å². The van der Waals surface area contributed by atoms with E-state index in [1.807, 2.05) is 63.2 Å². The van der Waals surface area contributed by atoms with Crippen LogP contribution in [0, 0.1) is 20.8 Å². The van der Waals surface area contributed by atoms with E-state index < -0.39 is 0 Å². The number of rotatable bonds is 4. The van der Waals surface area contributed by atoms with Gasteiger partial charge in [-0.2, -0.15) is 0 Å². The van der Waals surface area contributed by atoms with E-state index in [1.54, 1.807) is 16.8 Å². The summed E-state index contributed by atoms with van der Waals surface area (Å²) < 4.78 is 7.22. The molecule has 33 heavy (non-hydrogen) atoms. The summed E-state index contributed by atoms with van der Waals surface area (Å²) in [6.45, 7) is 5.79. The maximum Gasteiger partial charge on any atom is 0.278 e. The van der Waals surface area contributed by atoms with Gasteiger partial charge in [-0.3, -0.25) is 4.79 Å². The van der Waals surface area contributed by atoms with Crippen molar-refractivity contribution in [1.29, 1.82) is 0 Å². The summed E-state index contributed by atoms with van der Waals surface area (Å²) in [5.74, 6) is 0.325.